The number of likely N-dealkylation sites (tertiary alicyclic amines) is 1. The van der Waals surface area contributed by atoms with Gasteiger partial charge in [0, 0.05) is 18.7 Å². The summed E-state index contributed by atoms with van der Waals surface area (Å²) in [5.41, 5.74) is 0.920. The predicted octanol–water partition coefficient (Wildman–Crippen LogP) is 1.75. The maximum atomic E-state index is 12.2. The van der Waals surface area contributed by atoms with Gasteiger partial charge in [-0.2, -0.15) is 0 Å². The Morgan fingerprint density at radius 2 is 2.14 bits per heavy atom. The number of thiazole rings is 1. The molecular formula is C16H14N2O2S. The van der Waals surface area contributed by atoms with Crippen molar-refractivity contribution in [2.45, 2.75) is 12.5 Å². The van der Waals surface area contributed by atoms with Crippen molar-refractivity contribution in [3.8, 4) is 11.8 Å². The number of aliphatic hydroxyl groups excluding tert-OH is 1. The van der Waals surface area contributed by atoms with Gasteiger partial charge in [-0.3, -0.25) is 4.79 Å². The second kappa shape index (κ2) is 6.08. The number of hydrogen-bond acceptors (Lipinski definition) is 4. The summed E-state index contributed by atoms with van der Waals surface area (Å²) in [6.07, 6.45) is 1.80. The molecule has 1 atom stereocenters. The molecule has 1 saturated heterocycles. The van der Waals surface area contributed by atoms with E-state index in [-0.39, 0.29) is 5.91 Å². The molecule has 21 heavy (non-hydrogen) atoms. The van der Waals surface area contributed by atoms with E-state index in [9.17, 15) is 9.90 Å². The largest absolute Gasteiger partial charge is 0.391 e. The summed E-state index contributed by atoms with van der Waals surface area (Å²) in [4.78, 5) is 18.6. The lowest BCUT2D eigenvalue weighted by Crippen LogP contribution is -2.28. The van der Waals surface area contributed by atoms with E-state index in [0.717, 1.165) is 5.56 Å². The highest BCUT2D eigenvalue weighted by Crippen LogP contribution is 2.18. The number of aliphatic hydroxyl groups is 1. The maximum absolute atomic E-state index is 12.2. The highest BCUT2D eigenvalue weighted by Gasteiger charge is 2.26. The zero-order valence-corrected chi connectivity index (χ0v) is 12.1. The van der Waals surface area contributed by atoms with Crippen LogP contribution in [0.5, 0.6) is 0 Å². The molecule has 2 heterocycles. The second-order valence-electron chi connectivity index (χ2n) is 4.84. The molecule has 1 N–H and O–H groups in total. The number of rotatable bonds is 1. The van der Waals surface area contributed by atoms with Gasteiger partial charge in [0.2, 0.25) is 0 Å². The predicted molar refractivity (Wildman–Crippen MR) is 81.1 cm³/mol. The monoisotopic (exact) mass is 298 g/mol. The lowest BCUT2D eigenvalue weighted by molar-refractivity contribution is 0.0769. The van der Waals surface area contributed by atoms with Crippen LogP contribution in [0.15, 0.2) is 36.5 Å². The fourth-order valence-corrected chi connectivity index (χ4v) is 2.90. The van der Waals surface area contributed by atoms with Crippen LogP contribution < -0.4 is 0 Å². The maximum Gasteiger partial charge on any atom is 0.265 e. The number of nitrogens with zero attached hydrogens (tertiary/aromatic N) is 2. The van der Waals surface area contributed by atoms with Crippen molar-refractivity contribution >= 4 is 17.2 Å². The molecule has 1 aromatic heterocycles. The van der Waals surface area contributed by atoms with E-state index in [1.165, 1.54) is 11.3 Å². The molecule has 0 spiro atoms. The Bertz CT molecular complexity index is 700. The summed E-state index contributed by atoms with van der Waals surface area (Å²) in [6.45, 7) is 1.00. The summed E-state index contributed by atoms with van der Waals surface area (Å²) in [6, 6.07) is 9.66. The van der Waals surface area contributed by atoms with Crippen molar-refractivity contribution in [2.24, 2.45) is 0 Å². The number of carbonyl (C=O) groups is 1. The van der Waals surface area contributed by atoms with Gasteiger partial charge >= 0.3 is 0 Å². The molecule has 4 nitrogen and oxygen atoms in total. The first kappa shape index (κ1) is 13.8. The topological polar surface area (TPSA) is 53.4 Å². The zero-order chi connectivity index (χ0) is 14.7. The minimum atomic E-state index is -0.404. The van der Waals surface area contributed by atoms with Crippen LogP contribution in [-0.2, 0) is 0 Å². The van der Waals surface area contributed by atoms with Crippen LogP contribution in [0.4, 0.5) is 0 Å². The Morgan fingerprint density at radius 1 is 1.33 bits per heavy atom. The van der Waals surface area contributed by atoms with Crippen LogP contribution in [0.3, 0.4) is 0 Å². The molecule has 3 rings (SSSR count). The lowest BCUT2D eigenvalue weighted by Gasteiger charge is -2.13. The summed E-state index contributed by atoms with van der Waals surface area (Å²) in [7, 11) is 0. The zero-order valence-electron chi connectivity index (χ0n) is 11.3. The molecule has 0 saturated carbocycles. The van der Waals surface area contributed by atoms with Crippen LogP contribution >= 0.6 is 11.3 Å². The number of aromatic nitrogens is 1. The summed E-state index contributed by atoms with van der Waals surface area (Å²) < 4.78 is 0. The lowest BCUT2D eigenvalue weighted by atomic mass is 10.2. The Balaban J connectivity index is 1.72. The van der Waals surface area contributed by atoms with Gasteiger partial charge in [0.05, 0.1) is 12.3 Å². The first-order valence-electron chi connectivity index (χ1n) is 6.72. The minimum Gasteiger partial charge on any atom is -0.391 e. The molecule has 0 aliphatic carbocycles. The standard InChI is InChI=1S/C16H14N2O2S/c19-13-8-9-18(11-13)16(20)14-10-17-15(21-14)7-6-12-4-2-1-3-5-12/h1-5,10,13,19H,8-9,11H2/t13-/m0/s1. The van der Waals surface area contributed by atoms with Gasteiger partial charge in [-0.05, 0) is 24.5 Å². The van der Waals surface area contributed by atoms with Gasteiger partial charge in [0.15, 0.2) is 5.01 Å². The molecule has 0 radical (unpaired) electrons. The van der Waals surface area contributed by atoms with Gasteiger partial charge in [0.25, 0.3) is 5.91 Å². The molecule has 106 valence electrons. The first-order valence-corrected chi connectivity index (χ1v) is 7.54. The summed E-state index contributed by atoms with van der Waals surface area (Å²) in [5.74, 6) is 5.92. The quantitative estimate of drug-likeness (QED) is 0.816. The Kier molecular flexibility index (Phi) is 4.00. The van der Waals surface area contributed by atoms with Crippen molar-refractivity contribution in [3.05, 3.63) is 52.0 Å². The number of β-amino-alcohol motifs (C(OH)–C–C–N with tert-alkyl or cyclic N) is 1. The van der Waals surface area contributed by atoms with E-state index in [1.54, 1.807) is 11.1 Å². The molecule has 0 unspecified atom stereocenters. The number of amides is 1. The second-order valence-corrected chi connectivity index (χ2v) is 5.87. The summed E-state index contributed by atoms with van der Waals surface area (Å²) >= 11 is 1.29. The molecule has 1 amide bonds. The van der Waals surface area contributed by atoms with Gasteiger partial charge in [-0.15, -0.1) is 11.3 Å². The van der Waals surface area contributed by atoms with E-state index in [1.807, 2.05) is 30.3 Å². The Hall–Kier alpha value is -2.16. The molecular weight excluding hydrogens is 284 g/mol. The van der Waals surface area contributed by atoms with Crippen molar-refractivity contribution < 1.29 is 9.90 Å². The van der Waals surface area contributed by atoms with Crippen molar-refractivity contribution in [3.63, 3.8) is 0 Å². The van der Waals surface area contributed by atoms with Crippen LogP contribution in [0.1, 0.15) is 26.7 Å². The Labute approximate surface area is 127 Å². The van der Waals surface area contributed by atoms with E-state index in [4.69, 9.17) is 0 Å². The SMILES string of the molecule is O=C(c1cnc(C#Cc2ccccc2)s1)N1CC[C@H](O)C1. The van der Waals surface area contributed by atoms with Crippen LogP contribution in [0.2, 0.25) is 0 Å². The molecule has 1 aliphatic rings. The van der Waals surface area contributed by atoms with E-state index >= 15 is 0 Å². The van der Waals surface area contributed by atoms with Crippen LogP contribution in [0, 0.1) is 11.8 Å². The number of carbonyl (C=O) groups excluding carboxylic acids is 1. The molecule has 1 aliphatic heterocycles. The molecule has 0 bridgehead atoms. The third-order valence-electron chi connectivity index (χ3n) is 3.25. The van der Waals surface area contributed by atoms with E-state index in [2.05, 4.69) is 16.8 Å². The van der Waals surface area contributed by atoms with Crippen molar-refractivity contribution in [1.82, 2.24) is 9.88 Å². The van der Waals surface area contributed by atoms with Crippen molar-refractivity contribution in [2.75, 3.05) is 13.1 Å². The van der Waals surface area contributed by atoms with E-state index < -0.39 is 6.10 Å². The van der Waals surface area contributed by atoms with E-state index in [0.29, 0.717) is 29.4 Å². The normalized spacial score (nSPS) is 17.4. The van der Waals surface area contributed by atoms with Crippen LogP contribution in [0.25, 0.3) is 0 Å². The van der Waals surface area contributed by atoms with Gasteiger partial charge in [-0.25, -0.2) is 4.98 Å². The number of benzene rings is 1. The third-order valence-corrected chi connectivity index (χ3v) is 4.16. The molecule has 1 aromatic carbocycles. The average molecular weight is 298 g/mol. The average Bonchev–Trinajstić information content (AvgIpc) is 3.14. The molecule has 1 fully saturated rings. The first-order chi connectivity index (χ1) is 10.2. The fraction of sp³-hybridized carbons (Fsp3) is 0.250. The van der Waals surface area contributed by atoms with Gasteiger partial charge < -0.3 is 10.0 Å². The third kappa shape index (κ3) is 3.30. The highest BCUT2D eigenvalue weighted by molar-refractivity contribution is 7.14. The fourth-order valence-electron chi connectivity index (χ4n) is 2.16. The Morgan fingerprint density at radius 3 is 2.86 bits per heavy atom. The van der Waals surface area contributed by atoms with Crippen LogP contribution in [-0.4, -0.2) is 40.1 Å². The smallest absolute Gasteiger partial charge is 0.265 e. The van der Waals surface area contributed by atoms with Gasteiger partial charge in [-0.1, -0.05) is 24.1 Å². The van der Waals surface area contributed by atoms with Crippen molar-refractivity contribution in [1.29, 1.82) is 0 Å². The molecule has 2 aromatic rings. The summed E-state index contributed by atoms with van der Waals surface area (Å²) in [5, 5.41) is 10.1. The molecule has 5 heteroatoms. The highest BCUT2D eigenvalue weighted by atomic mass is 32.1. The number of hydrogen-bond donors (Lipinski definition) is 1. The minimum absolute atomic E-state index is 0.0724. The van der Waals surface area contributed by atoms with Gasteiger partial charge in [0.1, 0.15) is 4.88 Å².